The molecule has 6 N–H and O–H groups in total. The Morgan fingerprint density at radius 2 is 2.24 bits per heavy atom. The second-order valence-electron chi connectivity index (χ2n) is 4.14. The Hall–Kier alpha value is -1.02. The van der Waals surface area contributed by atoms with Gasteiger partial charge in [0, 0.05) is 6.54 Å². The fourth-order valence-corrected chi connectivity index (χ4v) is 1.00. The number of hydrogen-bond acceptors (Lipinski definition) is 5. The maximum Gasteiger partial charge on any atom is 0.323 e. The van der Waals surface area contributed by atoms with Crippen LogP contribution in [0.1, 0.15) is 26.7 Å². The van der Waals surface area contributed by atoms with Crippen molar-refractivity contribution in [2.24, 2.45) is 5.73 Å². The fourth-order valence-electron chi connectivity index (χ4n) is 1.00. The summed E-state index contributed by atoms with van der Waals surface area (Å²) in [6.07, 6.45) is 1.26. The van der Waals surface area contributed by atoms with Gasteiger partial charge in [0.05, 0.1) is 6.17 Å². The number of rotatable bonds is 8. The number of allylic oxidation sites excluding steroid dienone is 1. The third kappa shape index (κ3) is 7.01. The number of hydroxylamine groups is 1. The summed E-state index contributed by atoms with van der Waals surface area (Å²) in [6, 6.07) is 0. The highest BCUT2D eigenvalue weighted by molar-refractivity contribution is 5.77. The van der Waals surface area contributed by atoms with E-state index in [-0.39, 0.29) is 19.4 Å². The second-order valence-corrected chi connectivity index (χ2v) is 4.14. The predicted octanol–water partition coefficient (Wildman–Crippen LogP) is 0.336. The number of halogens is 1. The van der Waals surface area contributed by atoms with E-state index >= 15 is 0 Å². The van der Waals surface area contributed by atoms with Gasteiger partial charge in [-0.25, -0.2) is 4.39 Å². The monoisotopic (exact) mass is 249 g/mol. The molecule has 2 unspecified atom stereocenters. The van der Waals surface area contributed by atoms with Crippen LogP contribution in [0.25, 0.3) is 0 Å². The first-order valence-corrected chi connectivity index (χ1v) is 5.29. The van der Waals surface area contributed by atoms with Crippen molar-refractivity contribution < 1.29 is 19.5 Å². The molecule has 0 radical (unpaired) electrons. The van der Waals surface area contributed by atoms with Gasteiger partial charge in [-0.1, -0.05) is 6.08 Å². The van der Waals surface area contributed by atoms with Gasteiger partial charge in [0.25, 0.3) is 0 Å². The Morgan fingerprint density at radius 1 is 1.65 bits per heavy atom. The third-order valence-corrected chi connectivity index (χ3v) is 2.29. The van der Waals surface area contributed by atoms with Crippen LogP contribution in [0.5, 0.6) is 0 Å². The number of aliphatic carboxylic acids is 1. The summed E-state index contributed by atoms with van der Waals surface area (Å²) >= 11 is 0. The zero-order valence-electron chi connectivity index (χ0n) is 10.0. The summed E-state index contributed by atoms with van der Waals surface area (Å²) in [7, 11) is 0. The molecule has 6 nitrogen and oxygen atoms in total. The van der Waals surface area contributed by atoms with E-state index in [1.54, 1.807) is 6.92 Å². The lowest BCUT2D eigenvalue weighted by Gasteiger charge is -2.17. The molecule has 0 aromatic heterocycles. The van der Waals surface area contributed by atoms with Crippen LogP contribution >= 0.6 is 0 Å². The number of carboxylic acids is 1. The molecule has 0 aliphatic carbocycles. The van der Waals surface area contributed by atoms with Crippen LogP contribution in [0.2, 0.25) is 0 Å². The van der Waals surface area contributed by atoms with Crippen LogP contribution in [0.15, 0.2) is 11.9 Å². The van der Waals surface area contributed by atoms with E-state index < -0.39 is 23.5 Å². The highest BCUT2D eigenvalue weighted by Crippen LogP contribution is 2.11. The minimum absolute atomic E-state index is 0.0386. The van der Waals surface area contributed by atoms with Gasteiger partial charge in [-0.2, -0.15) is 5.48 Å². The predicted molar refractivity (Wildman–Crippen MR) is 61.0 cm³/mol. The van der Waals surface area contributed by atoms with Gasteiger partial charge in [-0.05, 0) is 26.7 Å². The quantitative estimate of drug-likeness (QED) is 0.313. The van der Waals surface area contributed by atoms with Crippen LogP contribution < -0.4 is 16.5 Å². The molecule has 0 saturated carbocycles. The van der Waals surface area contributed by atoms with Crippen molar-refractivity contribution in [3.05, 3.63) is 11.9 Å². The summed E-state index contributed by atoms with van der Waals surface area (Å²) in [6.45, 7) is 2.97. The molecule has 0 aliphatic heterocycles. The van der Waals surface area contributed by atoms with Gasteiger partial charge < -0.3 is 16.0 Å². The molecule has 0 aliphatic rings. The van der Waals surface area contributed by atoms with Crippen LogP contribution in [0.4, 0.5) is 4.39 Å². The lowest BCUT2D eigenvalue weighted by molar-refractivity contribution is -0.142. The Bertz CT molecular complexity index is 282. The largest absolute Gasteiger partial charge is 0.480 e. The zero-order chi connectivity index (χ0) is 13.5. The highest BCUT2D eigenvalue weighted by Gasteiger charge is 2.26. The molecule has 2 atom stereocenters. The molecule has 17 heavy (non-hydrogen) atoms. The molecule has 0 aromatic carbocycles. The van der Waals surface area contributed by atoms with Crippen molar-refractivity contribution in [1.82, 2.24) is 10.8 Å². The number of nitrogens with two attached hydrogens (primary N) is 1. The molecular weight excluding hydrogens is 229 g/mol. The number of carbonyl (C=O) groups is 1. The lowest BCUT2D eigenvalue weighted by atomic mass is 9.97. The minimum atomic E-state index is -1.34. The van der Waals surface area contributed by atoms with E-state index in [0.29, 0.717) is 0 Å². The van der Waals surface area contributed by atoms with E-state index in [0.717, 1.165) is 0 Å². The number of hydrogen-bond donors (Lipinski definition) is 5. The fraction of sp³-hybridized carbons (Fsp3) is 0.700. The van der Waals surface area contributed by atoms with E-state index in [1.807, 2.05) is 5.48 Å². The van der Waals surface area contributed by atoms with E-state index in [4.69, 9.17) is 16.0 Å². The van der Waals surface area contributed by atoms with Crippen LogP contribution in [-0.2, 0) is 4.79 Å². The summed E-state index contributed by atoms with van der Waals surface area (Å²) in [5, 5.41) is 19.8. The molecule has 0 spiro atoms. The van der Waals surface area contributed by atoms with E-state index in [1.165, 1.54) is 13.0 Å². The topological polar surface area (TPSA) is 108 Å². The summed E-state index contributed by atoms with van der Waals surface area (Å²) < 4.78 is 13.2. The summed E-state index contributed by atoms with van der Waals surface area (Å²) in [5.41, 5.74) is 6.05. The van der Waals surface area contributed by atoms with Crippen molar-refractivity contribution in [3.8, 4) is 0 Å². The molecule has 0 bridgehead atoms. The standard InChI is InChI=1S/C10H20FN3O3/c1-7(14-17)13-6-8(11)4-3-5-10(2,12)9(15)16/h4,7,13-14,17H,3,5-6,12H2,1-2H3,(H,15,16)/b8-4-. The second kappa shape index (κ2) is 7.33. The van der Waals surface area contributed by atoms with E-state index in [9.17, 15) is 9.18 Å². The maximum absolute atomic E-state index is 13.2. The SMILES string of the molecule is CC(NO)NC/C(F)=C/CCC(C)(N)C(=O)O. The van der Waals surface area contributed by atoms with Crippen molar-refractivity contribution in [2.45, 2.75) is 38.4 Å². The van der Waals surface area contributed by atoms with Gasteiger partial charge in [-0.3, -0.25) is 10.1 Å². The lowest BCUT2D eigenvalue weighted by Crippen LogP contribution is -2.44. The van der Waals surface area contributed by atoms with Gasteiger partial charge in [-0.15, -0.1) is 0 Å². The zero-order valence-corrected chi connectivity index (χ0v) is 10.0. The van der Waals surface area contributed by atoms with Gasteiger partial charge >= 0.3 is 5.97 Å². The molecular formula is C10H20FN3O3. The van der Waals surface area contributed by atoms with Crippen LogP contribution in [0.3, 0.4) is 0 Å². The first-order chi connectivity index (χ1) is 7.79. The van der Waals surface area contributed by atoms with Crippen LogP contribution in [0, 0.1) is 0 Å². The molecule has 0 amide bonds. The average Bonchev–Trinajstić information content (AvgIpc) is 2.25. The normalized spacial score (nSPS) is 17.6. The van der Waals surface area contributed by atoms with Gasteiger partial charge in [0.2, 0.25) is 0 Å². The molecule has 0 fully saturated rings. The summed E-state index contributed by atoms with van der Waals surface area (Å²) in [5.74, 6) is -1.53. The smallest absolute Gasteiger partial charge is 0.323 e. The number of carboxylic acid groups (broad SMARTS) is 1. The van der Waals surface area contributed by atoms with Gasteiger partial charge in [0.1, 0.15) is 11.4 Å². The van der Waals surface area contributed by atoms with Crippen molar-refractivity contribution in [2.75, 3.05) is 6.54 Å². The Labute approximate surface area is 99.6 Å². The third-order valence-electron chi connectivity index (χ3n) is 2.29. The first-order valence-electron chi connectivity index (χ1n) is 5.29. The van der Waals surface area contributed by atoms with Crippen molar-refractivity contribution in [1.29, 1.82) is 0 Å². The molecule has 0 heterocycles. The summed E-state index contributed by atoms with van der Waals surface area (Å²) in [4.78, 5) is 10.7. The Kier molecular flexibility index (Phi) is 6.89. The molecule has 0 saturated heterocycles. The highest BCUT2D eigenvalue weighted by atomic mass is 19.1. The van der Waals surface area contributed by atoms with Crippen molar-refractivity contribution >= 4 is 5.97 Å². The Balaban J connectivity index is 3.96. The Morgan fingerprint density at radius 3 is 2.71 bits per heavy atom. The van der Waals surface area contributed by atoms with E-state index in [2.05, 4.69) is 5.32 Å². The minimum Gasteiger partial charge on any atom is -0.480 e. The first kappa shape index (κ1) is 16.0. The maximum atomic E-state index is 13.2. The number of nitrogens with one attached hydrogen (secondary N) is 2. The van der Waals surface area contributed by atoms with Crippen LogP contribution in [-0.4, -0.2) is 34.5 Å². The molecule has 0 rings (SSSR count). The molecule has 7 heteroatoms. The molecule has 100 valence electrons. The average molecular weight is 249 g/mol. The van der Waals surface area contributed by atoms with Crippen molar-refractivity contribution in [3.63, 3.8) is 0 Å². The van der Waals surface area contributed by atoms with Gasteiger partial charge in [0.15, 0.2) is 0 Å². The molecule has 0 aromatic rings.